The maximum Gasteiger partial charge on any atom is 0.250 e. The number of primary amides is 1. The first-order valence-electron chi connectivity index (χ1n) is 9.68. The average Bonchev–Trinajstić information content (AvgIpc) is 2.67. The second kappa shape index (κ2) is 8.74. The van der Waals surface area contributed by atoms with Crippen LogP contribution in [0.2, 0.25) is 5.02 Å². The highest BCUT2D eigenvalue weighted by molar-refractivity contribution is 6.33. The maximum atomic E-state index is 12.9. The van der Waals surface area contributed by atoms with Gasteiger partial charge in [0, 0.05) is 30.8 Å². The van der Waals surface area contributed by atoms with Gasteiger partial charge in [0.1, 0.15) is 5.82 Å². The van der Waals surface area contributed by atoms with Gasteiger partial charge >= 0.3 is 0 Å². The van der Waals surface area contributed by atoms with Crippen LogP contribution in [0.4, 0.5) is 5.82 Å². The van der Waals surface area contributed by atoms with Gasteiger partial charge < -0.3 is 10.6 Å². The average molecular weight is 400 g/mol. The molecule has 0 unspecified atom stereocenters. The van der Waals surface area contributed by atoms with Gasteiger partial charge in [-0.25, -0.2) is 4.98 Å². The monoisotopic (exact) mass is 399 g/mol. The fourth-order valence-corrected chi connectivity index (χ4v) is 3.95. The van der Waals surface area contributed by atoms with Crippen LogP contribution in [0, 0.1) is 11.8 Å². The molecule has 2 heterocycles. The predicted molar refractivity (Wildman–Crippen MR) is 112 cm³/mol. The highest BCUT2D eigenvalue weighted by Crippen LogP contribution is 2.29. The zero-order valence-electron chi connectivity index (χ0n) is 16.3. The molecule has 0 spiro atoms. The molecule has 0 bridgehead atoms. The molecule has 148 valence electrons. The molecular formula is C22H26ClN3O2. The van der Waals surface area contributed by atoms with Gasteiger partial charge in [0.05, 0.1) is 10.6 Å². The number of carbonyl (C=O) groups is 2. The van der Waals surface area contributed by atoms with Crippen molar-refractivity contribution in [1.29, 1.82) is 0 Å². The third-order valence-electron chi connectivity index (χ3n) is 5.15. The van der Waals surface area contributed by atoms with Gasteiger partial charge in [-0.05, 0) is 36.8 Å². The first-order valence-corrected chi connectivity index (χ1v) is 10.1. The van der Waals surface area contributed by atoms with E-state index in [4.69, 9.17) is 17.3 Å². The van der Waals surface area contributed by atoms with E-state index < -0.39 is 5.91 Å². The number of Topliss-reactive ketones (excluding diaryl/α,β-unsaturated/α-hetero) is 1. The van der Waals surface area contributed by atoms with E-state index in [9.17, 15) is 9.59 Å². The van der Waals surface area contributed by atoms with Gasteiger partial charge in [0.15, 0.2) is 5.78 Å². The summed E-state index contributed by atoms with van der Waals surface area (Å²) in [7, 11) is 0. The molecule has 2 aromatic rings. The number of nitrogens with two attached hydrogens (primary N) is 1. The fraction of sp³-hybridized carbons (Fsp3) is 0.409. The lowest BCUT2D eigenvalue weighted by Gasteiger charge is -2.32. The van der Waals surface area contributed by atoms with Crippen LogP contribution in [-0.4, -0.2) is 29.8 Å². The summed E-state index contributed by atoms with van der Waals surface area (Å²) >= 11 is 6.27. The lowest BCUT2D eigenvalue weighted by Crippen LogP contribution is -2.37. The molecule has 1 amide bonds. The summed E-state index contributed by atoms with van der Waals surface area (Å²) in [5.41, 5.74) is 7.60. The second-order valence-electron chi connectivity index (χ2n) is 7.81. The lowest BCUT2D eigenvalue weighted by molar-refractivity contribution is 0.0899. The third kappa shape index (κ3) is 4.71. The second-order valence-corrected chi connectivity index (χ2v) is 8.22. The van der Waals surface area contributed by atoms with E-state index in [0.29, 0.717) is 35.4 Å². The lowest BCUT2D eigenvalue weighted by atomic mass is 9.88. The third-order valence-corrected chi connectivity index (χ3v) is 5.43. The Morgan fingerprint density at radius 2 is 1.82 bits per heavy atom. The molecule has 1 aromatic carbocycles. The number of anilines is 1. The van der Waals surface area contributed by atoms with Gasteiger partial charge in [-0.2, -0.15) is 0 Å². The Morgan fingerprint density at radius 3 is 2.36 bits per heavy atom. The van der Waals surface area contributed by atoms with Crippen LogP contribution in [0.1, 0.15) is 53.0 Å². The summed E-state index contributed by atoms with van der Waals surface area (Å²) in [6, 6.07) is 9.57. The molecule has 28 heavy (non-hydrogen) atoms. The van der Waals surface area contributed by atoms with Crippen molar-refractivity contribution in [2.24, 2.45) is 17.6 Å². The summed E-state index contributed by atoms with van der Waals surface area (Å²) in [5.74, 6) is 0.901. The predicted octanol–water partition coefficient (Wildman–Crippen LogP) is 4.13. The van der Waals surface area contributed by atoms with E-state index >= 15 is 0 Å². The molecule has 1 aliphatic heterocycles. The Balaban J connectivity index is 1.62. The van der Waals surface area contributed by atoms with Crippen LogP contribution in [-0.2, 0) is 6.42 Å². The van der Waals surface area contributed by atoms with E-state index in [1.807, 2.05) is 12.1 Å². The molecule has 1 fully saturated rings. The molecule has 6 heteroatoms. The smallest absolute Gasteiger partial charge is 0.250 e. The molecule has 5 nitrogen and oxygen atoms in total. The summed E-state index contributed by atoms with van der Waals surface area (Å²) in [6.45, 7) is 5.78. The van der Waals surface area contributed by atoms with Crippen LogP contribution < -0.4 is 10.6 Å². The fourth-order valence-electron chi connectivity index (χ4n) is 3.66. The summed E-state index contributed by atoms with van der Waals surface area (Å²) in [4.78, 5) is 30.4. The van der Waals surface area contributed by atoms with Crippen molar-refractivity contribution in [2.45, 2.75) is 33.1 Å². The molecule has 1 aliphatic rings. The van der Waals surface area contributed by atoms with Crippen LogP contribution >= 0.6 is 11.6 Å². The van der Waals surface area contributed by atoms with Crippen LogP contribution in [0.15, 0.2) is 36.5 Å². The van der Waals surface area contributed by atoms with Gasteiger partial charge in [-0.3, -0.25) is 9.59 Å². The van der Waals surface area contributed by atoms with Gasteiger partial charge in [-0.15, -0.1) is 0 Å². The zero-order chi connectivity index (χ0) is 20.3. The first kappa shape index (κ1) is 20.3. The Morgan fingerprint density at radius 1 is 1.18 bits per heavy atom. The van der Waals surface area contributed by atoms with Crippen molar-refractivity contribution in [3.8, 4) is 0 Å². The minimum absolute atomic E-state index is 0.0101. The number of rotatable bonds is 6. The number of ketones is 1. The van der Waals surface area contributed by atoms with Crippen LogP contribution in [0.25, 0.3) is 0 Å². The van der Waals surface area contributed by atoms with Crippen molar-refractivity contribution in [3.05, 3.63) is 58.2 Å². The van der Waals surface area contributed by atoms with Crippen molar-refractivity contribution in [1.82, 2.24) is 4.98 Å². The van der Waals surface area contributed by atoms with Gasteiger partial charge in [0.25, 0.3) is 0 Å². The minimum atomic E-state index is -0.551. The Bertz CT molecular complexity index is 857. The Kier molecular flexibility index (Phi) is 6.35. The number of amides is 1. The van der Waals surface area contributed by atoms with E-state index in [1.165, 1.54) is 11.8 Å². The number of halogens is 1. The molecule has 1 aromatic heterocycles. The van der Waals surface area contributed by atoms with Crippen molar-refractivity contribution in [2.75, 3.05) is 18.0 Å². The number of aromatic nitrogens is 1. The standard InChI is InChI=1S/C22H26ClN3O2/c1-14(2)11-15-3-5-16(6-4-15)20(27)17-7-9-26(10-8-17)22-19(23)12-18(13-25-22)21(24)28/h3-6,12-14,17H,7-11H2,1-2H3,(H2,24,28). The maximum absolute atomic E-state index is 12.9. The largest absolute Gasteiger partial charge is 0.366 e. The number of piperidine rings is 1. The van der Waals surface area contributed by atoms with Crippen molar-refractivity contribution >= 4 is 29.1 Å². The Labute approximate surface area is 170 Å². The number of carbonyl (C=O) groups excluding carboxylic acids is 2. The normalized spacial score (nSPS) is 15.1. The number of benzene rings is 1. The number of nitrogens with zero attached hydrogens (tertiary/aromatic N) is 2. The van der Waals surface area contributed by atoms with Crippen molar-refractivity contribution < 1.29 is 9.59 Å². The SMILES string of the molecule is CC(C)Cc1ccc(C(=O)C2CCN(c3ncc(C(N)=O)cc3Cl)CC2)cc1. The van der Waals surface area contributed by atoms with E-state index in [0.717, 1.165) is 24.8 Å². The quantitative estimate of drug-likeness (QED) is 0.741. The molecule has 2 N–H and O–H groups in total. The molecule has 0 aliphatic carbocycles. The van der Waals surface area contributed by atoms with E-state index in [2.05, 4.69) is 35.9 Å². The highest BCUT2D eigenvalue weighted by Gasteiger charge is 2.27. The molecule has 1 saturated heterocycles. The van der Waals surface area contributed by atoms with E-state index in [1.54, 1.807) is 6.07 Å². The summed E-state index contributed by atoms with van der Waals surface area (Å²) in [5, 5.41) is 0.404. The topological polar surface area (TPSA) is 76.3 Å². The first-order chi connectivity index (χ1) is 13.3. The molecule has 0 atom stereocenters. The number of hydrogen-bond acceptors (Lipinski definition) is 4. The number of hydrogen-bond donors (Lipinski definition) is 1. The molecule has 0 saturated carbocycles. The Hall–Kier alpha value is -2.40. The van der Waals surface area contributed by atoms with Gasteiger partial charge in [-0.1, -0.05) is 49.7 Å². The highest BCUT2D eigenvalue weighted by atomic mass is 35.5. The van der Waals surface area contributed by atoms with Gasteiger partial charge in [0.2, 0.25) is 5.91 Å². The van der Waals surface area contributed by atoms with Crippen molar-refractivity contribution in [3.63, 3.8) is 0 Å². The molecular weight excluding hydrogens is 374 g/mol. The minimum Gasteiger partial charge on any atom is -0.366 e. The summed E-state index contributed by atoms with van der Waals surface area (Å²) in [6.07, 6.45) is 3.97. The van der Waals surface area contributed by atoms with Crippen LogP contribution in [0.5, 0.6) is 0 Å². The molecule has 3 rings (SSSR count). The summed E-state index contributed by atoms with van der Waals surface area (Å²) < 4.78 is 0. The molecule has 0 radical (unpaired) electrons. The van der Waals surface area contributed by atoms with E-state index in [-0.39, 0.29) is 11.7 Å². The van der Waals surface area contributed by atoms with Crippen LogP contribution in [0.3, 0.4) is 0 Å². The number of pyridine rings is 1. The zero-order valence-corrected chi connectivity index (χ0v) is 17.1.